The maximum atomic E-state index is 13.3. The normalized spacial score (nSPS) is 35.2. The number of ketones is 1. The Morgan fingerprint density at radius 1 is 1.10 bits per heavy atom. The van der Waals surface area contributed by atoms with Crippen molar-refractivity contribution in [2.45, 2.75) is 61.8 Å². The molecule has 31 heavy (non-hydrogen) atoms. The molecule has 6 rings (SSSR count). The second-order valence-electron chi connectivity index (χ2n) is 10.1. The lowest BCUT2D eigenvalue weighted by molar-refractivity contribution is -0.151. The molecule has 5 aliphatic rings. The number of hydrogen-bond acceptors (Lipinski definition) is 4. The quantitative estimate of drug-likeness (QED) is 0.614. The van der Waals surface area contributed by atoms with E-state index in [-0.39, 0.29) is 32.5 Å². The molecule has 0 heterocycles. The number of amides is 1. The summed E-state index contributed by atoms with van der Waals surface area (Å²) in [4.78, 5) is 25.4. The highest BCUT2D eigenvalue weighted by Gasteiger charge is 2.60. The molecule has 1 amide bonds. The maximum Gasteiger partial charge on any atom is 0.243 e. The molecular formula is C22H26Cl2N2O4S. The van der Waals surface area contributed by atoms with E-state index in [0.29, 0.717) is 37.0 Å². The Labute approximate surface area is 192 Å². The molecular weight excluding hydrogens is 459 g/mol. The molecule has 2 atom stereocenters. The SMILES string of the molecule is NC(=O)C12CC3CC(C1)C(CC(=O)C1(NS(=O)(=O)c4cccc(Cl)c4Cl)CC1)C(C3)C2. The number of nitrogens with two attached hydrogens (primary N) is 1. The summed E-state index contributed by atoms with van der Waals surface area (Å²) in [6.07, 6.45) is 5.83. The van der Waals surface area contributed by atoms with Crippen LogP contribution in [0.1, 0.15) is 51.4 Å². The molecule has 5 fully saturated rings. The monoisotopic (exact) mass is 484 g/mol. The summed E-state index contributed by atoms with van der Waals surface area (Å²) in [5, 5.41) is 0.107. The van der Waals surface area contributed by atoms with Gasteiger partial charge in [-0.25, -0.2) is 8.42 Å². The Hall–Kier alpha value is -1.15. The highest BCUT2D eigenvalue weighted by Crippen LogP contribution is 2.63. The second kappa shape index (κ2) is 7.17. The molecule has 1 aromatic carbocycles. The van der Waals surface area contributed by atoms with E-state index in [9.17, 15) is 18.0 Å². The smallest absolute Gasteiger partial charge is 0.243 e. The van der Waals surface area contributed by atoms with Crippen LogP contribution in [0.2, 0.25) is 10.0 Å². The Balaban J connectivity index is 1.32. The fourth-order valence-corrected chi connectivity index (χ4v) is 8.95. The molecule has 0 radical (unpaired) electrons. The van der Waals surface area contributed by atoms with Crippen molar-refractivity contribution < 1.29 is 18.0 Å². The van der Waals surface area contributed by atoms with Gasteiger partial charge in [0.05, 0.1) is 15.6 Å². The molecule has 168 valence electrons. The van der Waals surface area contributed by atoms with Crippen molar-refractivity contribution in [3.63, 3.8) is 0 Å². The molecule has 2 unspecified atom stereocenters. The average molecular weight is 485 g/mol. The Bertz CT molecular complexity index is 1050. The van der Waals surface area contributed by atoms with Crippen LogP contribution in [-0.4, -0.2) is 25.6 Å². The van der Waals surface area contributed by atoms with E-state index >= 15 is 0 Å². The first-order chi connectivity index (χ1) is 14.6. The minimum atomic E-state index is -3.98. The summed E-state index contributed by atoms with van der Waals surface area (Å²) in [5.41, 5.74) is 4.32. The van der Waals surface area contributed by atoms with Crippen LogP contribution in [0.5, 0.6) is 0 Å². The topological polar surface area (TPSA) is 106 Å². The Kier molecular flexibility index (Phi) is 5.02. The molecule has 1 aromatic rings. The zero-order chi connectivity index (χ0) is 22.2. The van der Waals surface area contributed by atoms with Crippen LogP contribution >= 0.6 is 23.2 Å². The summed E-state index contributed by atoms with van der Waals surface area (Å²) < 4.78 is 28.6. The molecule has 9 heteroatoms. The van der Waals surface area contributed by atoms with Crippen molar-refractivity contribution in [1.29, 1.82) is 0 Å². The molecule has 5 saturated carbocycles. The number of benzene rings is 1. The van der Waals surface area contributed by atoms with Crippen molar-refractivity contribution in [3.05, 3.63) is 28.2 Å². The van der Waals surface area contributed by atoms with E-state index in [4.69, 9.17) is 28.9 Å². The van der Waals surface area contributed by atoms with Crippen molar-refractivity contribution in [2.24, 2.45) is 34.8 Å². The first kappa shape index (κ1) is 21.7. The zero-order valence-corrected chi connectivity index (χ0v) is 19.4. The number of primary amides is 1. The lowest BCUT2D eigenvalue weighted by atomic mass is 9.45. The van der Waals surface area contributed by atoms with Crippen LogP contribution in [0, 0.1) is 29.1 Å². The predicted molar refractivity (Wildman–Crippen MR) is 117 cm³/mol. The third kappa shape index (κ3) is 3.52. The molecule has 0 aromatic heterocycles. The number of sulfonamides is 1. The first-order valence-electron chi connectivity index (χ1n) is 10.9. The van der Waals surface area contributed by atoms with Crippen molar-refractivity contribution in [3.8, 4) is 0 Å². The van der Waals surface area contributed by atoms with Gasteiger partial charge in [-0.15, -0.1) is 0 Å². The number of Topliss-reactive ketones (excluding diaryl/α,β-unsaturated/α-hetero) is 1. The van der Waals surface area contributed by atoms with E-state index in [1.165, 1.54) is 18.2 Å². The van der Waals surface area contributed by atoms with Crippen LogP contribution < -0.4 is 10.5 Å². The van der Waals surface area contributed by atoms with Crippen molar-refractivity contribution in [1.82, 2.24) is 4.72 Å². The second-order valence-corrected chi connectivity index (χ2v) is 12.6. The number of nitrogens with one attached hydrogen (secondary N) is 1. The van der Waals surface area contributed by atoms with Gasteiger partial charge in [-0.1, -0.05) is 29.3 Å². The molecule has 6 nitrogen and oxygen atoms in total. The van der Waals surface area contributed by atoms with Gasteiger partial charge in [0, 0.05) is 11.8 Å². The first-order valence-corrected chi connectivity index (χ1v) is 13.1. The molecule has 0 aliphatic heterocycles. The lowest BCUT2D eigenvalue weighted by Gasteiger charge is -2.59. The fourth-order valence-electron chi connectivity index (χ4n) is 6.74. The molecule has 3 N–H and O–H groups in total. The van der Waals surface area contributed by atoms with Gasteiger partial charge in [-0.2, -0.15) is 4.72 Å². The third-order valence-electron chi connectivity index (χ3n) is 8.23. The summed E-state index contributed by atoms with van der Waals surface area (Å²) in [5.74, 6) is 1.11. The Morgan fingerprint density at radius 3 is 2.32 bits per heavy atom. The Morgan fingerprint density at radius 2 is 1.74 bits per heavy atom. The molecule has 5 aliphatic carbocycles. The van der Waals surface area contributed by atoms with Crippen molar-refractivity contribution >= 4 is 44.9 Å². The van der Waals surface area contributed by atoms with Crippen LogP contribution in [0.25, 0.3) is 0 Å². The van der Waals surface area contributed by atoms with Crippen molar-refractivity contribution in [2.75, 3.05) is 0 Å². The molecule has 0 saturated heterocycles. The van der Waals surface area contributed by atoms with E-state index < -0.39 is 21.0 Å². The van der Waals surface area contributed by atoms with Gasteiger partial charge in [0.15, 0.2) is 5.78 Å². The van der Waals surface area contributed by atoms with Gasteiger partial charge >= 0.3 is 0 Å². The van der Waals surface area contributed by atoms with Crippen LogP contribution in [0.3, 0.4) is 0 Å². The van der Waals surface area contributed by atoms with E-state index in [1.54, 1.807) is 0 Å². The number of halogens is 2. The van der Waals surface area contributed by atoms with Gasteiger partial charge in [-0.3, -0.25) is 9.59 Å². The molecule has 4 bridgehead atoms. The summed E-state index contributed by atoms with van der Waals surface area (Å²) in [6, 6.07) is 4.43. The van der Waals surface area contributed by atoms with Gasteiger partial charge in [0.1, 0.15) is 4.90 Å². The van der Waals surface area contributed by atoms with Gasteiger partial charge < -0.3 is 5.73 Å². The minimum absolute atomic E-state index is 0.0438. The van der Waals surface area contributed by atoms with Crippen LogP contribution in [0.4, 0.5) is 0 Å². The number of hydrogen-bond donors (Lipinski definition) is 2. The largest absolute Gasteiger partial charge is 0.369 e. The number of carbonyl (C=O) groups excluding carboxylic acids is 2. The number of carbonyl (C=O) groups is 2. The highest BCUT2D eigenvalue weighted by molar-refractivity contribution is 7.89. The van der Waals surface area contributed by atoms with Gasteiger partial charge in [0.25, 0.3) is 0 Å². The van der Waals surface area contributed by atoms with E-state index in [0.717, 1.165) is 32.1 Å². The minimum Gasteiger partial charge on any atom is -0.369 e. The zero-order valence-electron chi connectivity index (χ0n) is 17.1. The predicted octanol–water partition coefficient (Wildman–Crippen LogP) is 3.69. The van der Waals surface area contributed by atoms with Crippen LogP contribution in [0.15, 0.2) is 23.1 Å². The average Bonchev–Trinajstić information content (AvgIpc) is 3.46. The highest BCUT2D eigenvalue weighted by atomic mass is 35.5. The maximum absolute atomic E-state index is 13.3. The van der Waals surface area contributed by atoms with E-state index in [2.05, 4.69) is 4.72 Å². The standard InChI is InChI=1S/C22H26Cl2N2O4S/c23-16-2-1-3-17(19(16)24)31(29,30)26-22(4-5-22)18(27)8-15-13-6-12-7-14(15)11-21(9-12,10-13)20(25)28/h1-3,12-15,26H,4-11H2,(H2,25,28). The third-order valence-corrected chi connectivity index (χ3v) is 10.7. The number of rotatable bonds is 7. The summed E-state index contributed by atoms with van der Waals surface area (Å²) in [6.45, 7) is 0. The fraction of sp³-hybridized carbons (Fsp3) is 0.636. The van der Waals surface area contributed by atoms with Gasteiger partial charge in [0.2, 0.25) is 15.9 Å². The summed E-state index contributed by atoms with van der Waals surface area (Å²) in [7, 11) is -3.98. The van der Waals surface area contributed by atoms with Crippen LogP contribution in [-0.2, 0) is 19.6 Å². The van der Waals surface area contributed by atoms with Gasteiger partial charge in [-0.05, 0) is 80.8 Å². The summed E-state index contributed by atoms with van der Waals surface area (Å²) >= 11 is 12.1. The molecule has 0 spiro atoms. The lowest BCUT2D eigenvalue weighted by Crippen LogP contribution is -2.56. The van der Waals surface area contributed by atoms with E-state index in [1.807, 2.05) is 0 Å².